The van der Waals surface area contributed by atoms with Crippen molar-refractivity contribution in [1.82, 2.24) is 25.1 Å². The van der Waals surface area contributed by atoms with Crippen molar-refractivity contribution in [3.05, 3.63) is 52.6 Å². The summed E-state index contributed by atoms with van der Waals surface area (Å²) in [5, 5.41) is 7.48. The van der Waals surface area contributed by atoms with Gasteiger partial charge in [0.2, 0.25) is 5.91 Å². The van der Waals surface area contributed by atoms with Gasteiger partial charge >= 0.3 is 0 Å². The van der Waals surface area contributed by atoms with Gasteiger partial charge in [-0.2, -0.15) is 5.10 Å². The van der Waals surface area contributed by atoms with Crippen molar-refractivity contribution >= 4 is 34.6 Å². The van der Waals surface area contributed by atoms with Crippen LogP contribution < -0.4 is 5.32 Å². The van der Waals surface area contributed by atoms with Crippen LogP contribution >= 0.6 is 11.6 Å². The van der Waals surface area contributed by atoms with Crippen LogP contribution in [0.5, 0.6) is 0 Å². The Balaban J connectivity index is 1.64. The molecule has 0 aliphatic carbocycles. The van der Waals surface area contributed by atoms with Crippen molar-refractivity contribution in [2.75, 3.05) is 0 Å². The number of para-hydroxylation sites is 2. The van der Waals surface area contributed by atoms with Crippen LogP contribution in [0.15, 0.2) is 30.3 Å². The molecule has 2 heterocycles. The van der Waals surface area contributed by atoms with Gasteiger partial charge in [0.25, 0.3) is 0 Å². The number of carbonyl (C=O) groups is 1. The molecule has 1 amide bonds. The summed E-state index contributed by atoms with van der Waals surface area (Å²) in [6, 6.07) is 7.73. The zero-order valence-corrected chi connectivity index (χ0v) is 13.6. The van der Waals surface area contributed by atoms with Crippen LogP contribution in [0.3, 0.4) is 0 Å². The highest BCUT2D eigenvalue weighted by molar-refractivity contribution is 6.31. The van der Waals surface area contributed by atoms with Crippen LogP contribution in [0.4, 0.5) is 0 Å². The van der Waals surface area contributed by atoms with Gasteiger partial charge in [0.15, 0.2) is 0 Å². The molecule has 7 heteroatoms. The number of carbonyl (C=O) groups excluding carboxylic acids is 1. The lowest BCUT2D eigenvalue weighted by atomic mass is 10.2. The lowest BCUT2D eigenvalue weighted by Gasteiger charge is -1.98. The van der Waals surface area contributed by atoms with Crippen molar-refractivity contribution in [2.24, 2.45) is 7.05 Å². The maximum absolute atomic E-state index is 11.9. The first-order chi connectivity index (χ1) is 11.0. The molecule has 3 aromatic rings. The zero-order chi connectivity index (χ0) is 16.4. The maximum Gasteiger partial charge on any atom is 0.244 e. The molecule has 0 unspecified atom stereocenters. The fourth-order valence-electron chi connectivity index (χ4n) is 2.31. The molecule has 2 N–H and O–H groups in total. The number of rotatable bonds is 4. The van der Waals surface area contributed by atoms with Crippen molar-refractivity contribution in [3.63, 3.8) is 0 Å². The van der Waals surface area contributed by atoms with Crippen molar-refractivity contribution < 1.29 is 4.79 Å². The summed E-state index contributed by atoms with van der Waals surface area (Å²) in [6.45, 7) is 2.18. The van der Waals surface area contributed by atoms with E-state index >= 15 is 0 Å². The van der Waals surface area contributed by atoms with Gasteiger partial charge in [-0.1, -0.05) is 23.7 Å². The van der Waals surface area contributed by atoms with Gasteiger partial charge in [0, 0.05) is 18.7 Å². The number of aromatic nitrogens is 4. The van der Waals surface area contributed by atoms with E-state index in [2.05, 4.69) is 20.4 Å². The average molecular weight is 330 g/mol. The Morgan fingerprint density at radius 3 is 2.91 bits per heavy atom. The van der Waals surface area contributed by atoms with E-state index in [-0.39, 0.29) is 5.91 Å². The molecule has 6 nitrogen and oxygen atoms in total. The minimum Gasteiger partial charge on any atom is -0.345 e. The van der Waals surface area contributed by atoms with Gasteiger partial charge < -0.3 is 10.3 Å². The summed E-state index contributed by atoms with van der Waals surface area (Å²) in [5.41, 5.74) is 3.35. The number of nitrogens with zero attached hydrogens (tertiary/aromatic N) is 3. The predicted molar refractivity (Wildman–Crippen MR) is 89.9 cm³/mol. The second-order valence-corrected chi connectivity index (χ2v) is 5.52. The normalized spacial score (nSPS) is 11.4. The number of imidazole rings is 1. The van der Waals surface area contributed by atoms with Crippen LogP contribution in [0, 0.1) is 6.92 Å². The molecule has 0 spiro atoms. The molecule has 2 aromatic heterocycles. The maximum atomic E-state index is 11.9. The van der Waals surface area contributed by atoms with E-state index in [4.69, 9.17) is 11.6 Å². The number of aromatic amines is 1. The Labute approximate surface area is 138 Å². The number of hydrogen-bond acceptors (Lipinski definition) is 3. The molecular weight excluding hydrogens is 314 g/mol. The minimum absolute atomic E-state index is 0.218. The van der Waals surface area contributed by atoms with Crippen LogP contribution in [0.25, 0.3) is 17.1 Å². The monoisotopic (exact) mass is 329 g/mol. The molecule has 0 fully saturated rings. The highest BCUT2D eigenvalue weighted by Crippen LogP contribution is 2.19. The number of benzene rings is 1. The third-order valence-electron chi connectivity index (χ3n) is 3.47. The number of aryl methyl sites for hydroxylation is 2. The smallest absolute Gasteiger partial charge is 0.244 e. The van der Waals surface area contributed by atoms with Gasteiger partial charge in [0.1, 0.15) is 11.0 Å². The first kappa shape index (κ1) is 15.3. The number of halogens is 1. The zero-order valence-electron chi connectivity index (χ0n) is 12.8. The van der Waals surface area contributed by atoms with Crippen LogP contribution in [0.2, 0.25) is 5.15 Å². The molecule has 23 heavy (non-hydrogen) atoms. The van der Waals surface area contributed by atoms with Gasteiger partial charge in [-0.3, -0.25) is 9.48 Å². The molecule has 0 saturated carbocycles. The fourth-order valence-corrected chi connectivity index (χ4v) is 2.55. The van der Waals surface area contributed by atoms with E-state index in [9.17, 15) is 4.79 Å². The molecular formula is C16H16ClN5O. The molecule has 3 rings (SSSR count). The number of fused-ring (bicyclic) bond motifs is 1. The van der Waals surface area contributed by atoms with Crippen LogP contribution in [0.1, 0.15) is 17.1 Å². The lowest BCUT2D eigenvalue weighted by Crippen LogP contribution is -2.20. The second-order valence-electron chi connectivity index (χ2n) is 5.17. The molecule has 118 valence electrons. The Hall–Kier alpha value is -2.60. The molecule has 0 bridgehead atoms. The largest absolute Gasteiger partial charge is 0.345 e. The number of amides is 1. The molecule has 0 aliphatic heterocycles. The summed E-state index contributed by atoms with van der Waals surface area (Å²) < 4.78 is 1.57. The third kappa shape index (κ3) is 3.27. The van der Waals surface area contributed by atoms with Crippen molar-refractivity contribution in [1.29, 1.82) is 0 Å². The summed E-state index contributed by atoms with van der Waals surface area (Å²) in [7, 11) is 1.76. The van der Waals surface area contributed by atoms with Gasteiger partial charge in [-0.15, -0.1) is 0 Å². The van der Waals surface area contributed by atoms with E-state index < -0.39 is 0 Å². The molecule has 0 saturated heterocycles. The van der Waals surface area contributed by atoms with E-state index in [1.165, 1.54) is 6.08 Å². The Morgan fingerprint density at radius 2 is 2.22 bits per heavy atom. The molecule has 0 atom stereocenters. The molecule has 0 aliphatic rings. The summed E-state index contributed by atoms with van der Waals surface area (Å²) in [4.78, 5) is 19.5. The number of hydrogen-bond donors (Lipinski definition) is 2. The van der Waals surface area contributed by atoms with Gasteiger partial charge in [0.05, 0.1) is 23.3 Å². The van der Waals surface area contributed by atoms with E-state index in [0.29, 0.717) is 17.5 Å². The summed E-state index contributed by atoms with van der Waals surface area (Å²) >= 11 is 6.12. The topological polar surface area (TPSA) is 75.6 Å². The minimum atomic E-state index is -0.218. The van der Waals surface area contributed by atoms with Gasteiger partial charge in [-0.25, -0.2) is 4.98 Å². The third-order valence-corrected chi connectivity index (χ3v) is 3.91. The fraction of sp³-hybridized carbons (Fsp3) is 0.188. The van der Waals surface area contributed by atoms with Crippen LogP contribution in [-0.2, 0) is 18.4 Å². The summed E-state index contributed by atoms with van der Waals surface area (Å²) in [6.07, 6.45) is 3.11. The highest BCUT2D eigenvalue weighted by Gasteiger charge is 2.08. The molecule has 1 aromatic carbocycles. The SMILES string of the molecule is Cc1nn(C)c(Cl)c1/C=C/C(=O)NCc1nc2ccccc2[nH]1. The Morgan fingerprint density at radius 1 is 1.43 bits per heavy atom. The van der Waals surface area contributed by atoms with E-state index in [0.717, 1.165) is 22.3 Å². The lowest BCUT2D eigenvalue weighted by molar-refractivity contribution is -0.116. The summed E-state index contributed by atoms with van der Waals surface area (Å²) in [5.74, 6) is 0.494. The average Bonchev–Trinajstić information content (AvgIpc) is 3.05. The quantitative estimate of drug-likeness (QED) is 0.722. The molecule has 0 radical (unpaired) electrons. The second kappa shape index (κ2) is 6.26. The number of H-pyrrole nitrogens is 1. The first-order valence-corrected chi connectivity index (χ1v) is 7.51. The number of nitrogens with one attached hydrogen (secondary N) is 2. The van der Waals surface area contributed by atoms with Crippen LogP contribution in [-0.4, -0.2) is 25.7 Å². The first-order valence-electron chi connectivity index (χ1n) is 7.13. The van der Waals surface area contributed by atoms with Crippen molar-refractivity contribution in [2.45, 2.75) is 13.5 Å². The Bertz CT molecular complexity index is 860. The Kier molecular flexibility index (Phi) is 4.16. The van der Waals surface area contributed by atoms with E-state index in [1.54, 1.807) is 17.8 Å². The standard InChI is InChI=1S/C16H16ClN5O/c1-10-11(16(17)22(2)21-10)7-8-15(23)18-9-14-19-12-5-3-4-6-13(12)20-14/h3-8H,9H2,1-2H3,(H,18,23)(H,19,20)/b8-7+. The van der Waals surface area contributed by atoms with E-state index in [1.807, 2.05) is 31.2 Å². The van der Waals surface area contributed by atoms with Gasteiger partial charge in [-0.05, 0) is 25.1 Å². The van der Waals surface area contributed by atoms with Crippen molar-refractivity contribution in [3.8, 4) is 0 Å². The highest BCUT2D eigenvalue weighted by atomic mass is 35.5. The predicted octanol–water partition coefficient (Wildman–Crippen LogP) is 2.59.